The van der Waals surface area contributed by atoms with Gasteiger partial charge in [0.05, 0.1) is 29.4 Å². The number of thiophene rings is 1. The van der Waals surface area contributed by atoms with Crippen molar-refractivity contribution in [3.8, 4) is 0 Å². The normalized spacial score (nSPS) is 17.6. The number of carbonyl (C=O) groups is 3. The highest BCUT2D eigenvalue weighted by atomic mass is 32.1. The Hall–Kier alpha value is -3.14. The van der Waals surface area contributed by atoms with Crippen molar-refractivity contribution in [3.05, 3.63) is 58.1 Å². The summed E-state index contributed by atoms with van der Waals surface area (Å²) in [4.78, 5) is 48.7. The summed E-state index contributed by atoms with van der Waals surface area (Å²) in [6.45, 7) is 0. The number of para-hydroxylation sites is 1. The predicted molar refractivity (Wildman–Crippen MR) is 136 cm³/mol. The average Bonchev–Trinajstić information content (AvgIpc) is 3.23. The molecule has 9 heteroatoms. The number of carbonyl (C=O) groups excluding carboxylic acids is 3. The van der Waals surface area contributed by atoms with Crippen LogP contribution in [0.5, 0.6) is 0 Å². The maximum absolute atomic E-state index is 13.6. The Bertz CT molecular complexity index is 1220. The summed E-state index contributed by atoms with van der Waals surface area (Å²) in [6.07, 6.45) is 6.14. The molecule has 2 unspecified atom stereocenters. The molecule has 0 spiro atoms. The first kappa shape index (κ1) is 25.0. The number of aldehydes is 2. The molecular weight excluding hydrogens is 464 g/mol. The summed E-state index contributed by atoms with van der Waals surface area (Å²) in [6, 6.07) is 9.82. The zero-order valence-corrected chi connectivity index (χ0v) is 21.0. The fraction of sp³-hybridized carbons (Fsp3) is 0.385. The molecule has 1 N–H and O–H groups in total. The van der Waals surface area contributed by atoms with Crippen molar-refractivity contribution in [1.82, 2.24) is 14.9 Å². The maximum Gasteiger partial charge on any atom is 0.278 e. The van der Waals surface area contributed by atoms with Crippen molar-refractivity contribution in [2.75, 3.05) is 26.5 Å². The van der Waals surface area contributed by atoms with Crippen molar-refractivity contribution in [3.63, 3.8) is 0 Å². The minimum atomic E-state index is -0.226. The second kappa shape index (κ2) is 11.1. The molecule has 184 valence electrons. The van der Waals surface area contributed by atoms with Crippen LogP contribution >= 0.6 is 11.3 Å². The van der Waals surface area contributed by atoms with Gasteiger partial charge in [-0.05, 0) is 37.6 Å². The van der Waals surface area contributed by atoms with Crippen molar-refractivity contribution in [1.29, 1.82) is 0 Å². The standard InChI is InChI=1S/C26H30N4O4S/c1-29-20(10-6-14-31)23-24(26(33)30(2)34-3)21(35-25(23)28-22(29)11-7-15-32)16-17-12-13-27-19-9-5-4-8-18(17)19/h4-5,8-9,12-15,20,22,28H,6-7,10-11,16H2,1-3H3. The molecule has 3 aromatic rings. The van der Waals surface area contributed by atoms with Gasteiger partial charge in [0.1, 0.15) is 12.6 Å². The Morgan fingerprint density at radius 2 is 1.94 bits per heavy atom. The smallest absolute Gasteiger partial charge is 0.278 e. The van der Waals surface area contributed by atoms with Crippen LogP contribution in [0.2, 0.25) is 0 Å². The zero-order valence-electron chi connectivity index (χ0n) is 20.2. The van der Waals surface area contributed by atoms with E-state index in [-0.39, 0.29) is 18.1 Å². The van der Waals surface area contributed by atoms with Gasteiger partial charge < -0.3 is 14.9 Å². The lowest BCUT2D eigenvalue weighted by Gasteiger charge is -2.41. The number of nitrogens with zero attached hydrogens (tertiary/aromatic N) is 3. The van der Waals surface area contributed by atoms with E-state index in [4.69, 9.17) is 4.84 Å². The SMILES string of the molecule is CON(C)C(=O)c1c(Cc2ccnc3ccccc23)sc2c1C(CCC=O)N(C)C(CCC=O)N2. The van der Waals surface area contributed by atoms with E-state index in [2.05, 4.69) is 15.2 Å². The van der Waals surface area contributed by atoms with Crippen LogP contribution in [-0.2, 0) is 20.8 Å². The van der Waals surface area contributed by atoms with Gasteiger partial charge >= 0.3 is 0 Å². The topological polar surface area (TPSA) is 91.8 Å². The molecule has 8 nitrogen and oxygen atoms in total. The molecule has 1 amide bonds. The number of pyridine rings is 1. The largest absolute Gasteiger partial charge is 0.361 e. The van der Waals surface area contributed by atoms with Gasteiger partial charge in [0.25, 0.3) is 5.91 Å². The van der Waals surface area contributed by atoms with E-state index in [0.717, 1.165) is 44.5 Å². The van der Waals surface area contributed by atoms with Crippen LogP contribution in [0.3, 0.4) is 0 Å². The number of fused-ring (bicyclic) bond motifs is 2. The zero-order chi connectivity index (χ0) is 24.9. The molecule has 0 fully saturated rings. The highest BCUT2D eigenvalue weighted by Crippen LogP contribution is 2.47. The molecule has 0 aliphatic carbocycles. The fourth-order valence-corrected chi connectivity index (χ4v) is 6.07. The van der Waals surface area contributed by atoms with Gasteiger partial charge in [-0.15, -0.1) is 11.3 Å². The van der Waals surface area contributed by atoms with Gasteiger partial charge in [0.15, 0.2) is 0 Å². The van der Waals surface area contributed by atoms with Crippen LogP contribution in [0, 0.1) is 0 Å². The van der Waals surface area contributed by atoms with E-state index < -0.39 is 0 Å². The van der Waals surface area contributed by atoms with E-state index in [1.54, 1.807) is 24.6 Å². The van der Waals surface area contributed by atoms with Crippen molar-refractivity contribution < 1.29 is 19.2 Å². The number of aromatic nitrogens is 1. The van der Waals surface area contributed by atoms with E-state index >= 15 is 0 Å². The highest BCUT2D eigenvalue weighted by Gasteiger charge is 2.38. The molecule has 35 heavy (non-hydrogen) atoms. The number of anilines is 1. The molecule has 0 saturated heterocycles. The Morgan fingerprint density at radius 1 is 1.20 bits per heavy atom. The molecule has 1 aliphatic rings. The number of hydrogen-bond acceptors (Lipinski definition) is 8. The Balaban J connectivity index is 1.85. The minimum absolute atomic E-state index is 0.0688. The number of amides is 1. The van der Waals surface area contributed by atoms with Gasteiger partial charge in [-0.3, -0.25) is 19.5 Å². The molecule has 2 aromatic heterocycles. The van der Waals surface area contributed by atoms with Crippen LogP contribution in [0.4, 0.5) is 5.00 Å². The van der Waals surface area contributed by atoms with E-state index in [1.807, 2.05) is 37.4 Å². The van der Waals surface area contributed by atoms with Gasteiger partial charge in [-0.2, -0.15) is 0 Å². The summed E-state index contributed by atoms with van der Waals surface area (Å²) in [7, 11) is 5.05. The number of hydroxylamine groups is 2. The van der Waals surface area contributed by atoms with Crippen molar-refractivity contribution in [2.45, 2.75) is 44.3 Å². The Labute approximate surface area is 208 Å². The number of rotatable bonds is 10. The van der Waals surface area contributed by atoms with Crippen LogP contribution in [0.25, 0.3) is 10.9 Å². The molecule has 2 atom stereocenters. The maximum atomic E-state index is 13.6. The Morgan fingerprint density at radius 3 is 2.69 bits per heavy atom. The lowest BCUT2D eigenvalue weighted by Crippen LogP contribution is -2.45. The first-order chi connectivity index (χ1) is 17.0. The van der Waals surface area contributed by atoms with E-state index in [9.17, 15) is 14.4 Å². The molecule has 3 heterocycles. The summed E-state index contributed by atoms with van der Waals surface area (Å²) < 4.78 is 0. The lowest BCUT2D eigenvalue weighted by molar-refractivity contribution is -0.108. The van der Waals surface area contributed by atoms with Gasteiger partial charge in [-0.25, -0.2) is 5.06 Å². The number of benzene rings is 1. The third-order valence-corrected chi connectivity index (χ3v) is 7.75. The van der Waals surface area contributed by atoms with Crippen LogP contribution < -0.4 is 5.32 Å². The summed E-state index contributed by atoms with van der Waals surface area (Å²) >= 11 is 1.56. The van der Waals surface area contributed by atoms with Crippen molar-refractivity contribution in [2.24, 2.45) is 0 Å². The number of hydrogen-bond donors (Lipinski definition) is 1. The number of nitrogens with one attached hydrogen (secondary N) is 1. The van der Waals surface area contributed by atoms with Crippen LogP contribution in [0.15, 0.2) is 36.5 Å². The second-order valence-corrected chi connectivity index (χ2v) is 9.73. The fourth-order valence-electron chi connectivity index (χ4n) is 4.75. The van der Waals surface area contributed by atoms with E-state index in [1.165, 1.54) is 12.2 Å². The molecule has 1 aromatic carbocycles. The average molecular weight is 495 g/mol. The molecule has 1 aliphatic heterocycles. The summed E-state index contributed by atoms with van der Waals surface area (Å²) in [5.74, 6) is -0.226. The summed E-state index contributed by atoms with van der Waals surface area (Å²) in [5.41, 5.74) is 3.49. The monoisotopic (exact) mass is 494 g/mol. The predicted octanol–water partition coefficient (Wildman–Crippen LogP) is 4.20. The van der Waals surface area contributed by atoms with Gasteiger partial charge in [0, 0.05) is 54.4 Å². The molecule has 0 bridgehead atoms. The Kier molecular flexibility index (Phi) is 7.90. The second-order valence-electron chi connectivity index (χ2n) is 8.62. The highest BCUT2D eigenvalue weighted by molar-refractivity contribution is 7.16. The molecular formula is C26H30N4O4S. The van der Waals surface area contributed by atoms with Gasteiger partial charge in [-0.1, -0.05) is 18.2 Å². The quantitative estimate of drug-likeness (QED) is 0.334. The molecule has 4 rings (SSSR count). The third-order valence-electron chi connectivity index (χ3n) is 6.61. The lowest BCUT2D eigenvalue weighted by atomic mass is 9.92. The first-order valence-corrected chi connectivity index (χ1v) is 12.5. The van der Waals surface area contributed by atoms with Crippen LogP contribution in [-0.4, -0.2) is 60.8 Å². The van der Waals surface area contributed by atoms with Crippen LogP contribution in [0.1, 0.15) is 58.1 Å². The first-order valence-electron chi connectivity index (χ1n) is 11.7. The van der Waals surface area contributed by atoms with E-state index in [0.29, 0.717) is 37.7 Å². The third kappa shape index (κ3) is 4.98. The summed E-state index contributed by atoms with van der Waals surface area (Å²) in [5, 5.41) is 6.76. The molecule has 0 radical (unpaired) electrons. The molecule has 0 saturated carbocycles. The van der Waals surface area contributed by atoms with Gasteiger partial charge in [0.2, 0.25) is 0 Å². The minimum Gasteiger partial charge on any atom is -0.361 e. The van der Waals surface area contributed by atoms with Crippen molar-refractivity contribution >= 4 is 45.7 Å².